The first-order chi connectivity index (χ1) is 6.18. The van der Waals surface area contributed by atoms with Crippen LogP contribution >= 0.6 is 0 Å². The molecule has 1 aromatic rings. The van der Waals surface area contributed by atoms with Crippen molar-refractivity contribution < 1.29 is 4.79 Å². The zero-order valence-electron chi connectivity index (χ0n) is 7.10. The quantitative estimate of drug-likeness (QED) is 0.522. The number of para-hydroxylation sites is 1. The third-order valence-electron chi connectivity index (χ3n) is 1.38. The van der Waals surface area contributed by atoms with Gasteiger partial charge >= 0.3 is 0 Å². The van der Waals surface area contributed by atoms with Crippen LogP contribution in [0.25, 0.3) is 0 Å². The molecule has 0 bridgehead atoms. The summed E-state index contributed by atoms with van der Waals surface area (Å²) in [5, 5.41) is 0. The standard InChI is InChI=1S/C9H11N3O/c10-8(6-9(11)13)12-7-4-2-1-3-5-7/h1-5H,6H2,(H2,10,12)(H2,11,13). The Labute approximate surface area is 76.3 Å². The van der Waals surface area contributed by atoms with E-state index in [4.69, 9.17) is 11.5 Å². The van der Waals surface area contributed by atoms with Gasteiger partial charge in [-0.05, 0) is 12.1 Å². The molecule has 0 radical (unpaired) electrons. The first kappa shape index (κ1) is 9.25. The van der Waals surface area contributed by atoms with Crippen molar-refractivity contribution in [2.24, 2.45) is 16.5 Å². The predicted molar refractivity (Wildman–Crippen MR) is 51.5 cm³/mol. The zero-order valence-corrected chi connectivity index (χ0v) is 7.10. The Morgan fingerprint density at radius 1 is 1.23 bits per heavy atom. The average molecular weight is 177 g/mol. The van der Waals surface area contributed by atoms with Crippen molar-refractivity contribution in [2.75, 3.05) is 0 Å². The summed E-state index contributed by atoms with van der Waals surface area (Å²) in [5.74, 6) is -0.240. The lowest BCUT2D eigenvalue weighted by atomic mass is 10.3. The zero-order chi connectivity index (χ0) is 9.68. The lowest BCUT2D eigenvalue weighted by molar-refractivity contribution is -0.116. The molecule has 1 rings (SSSR count). The summed E-state index contributed by atoms with van der Waals surface area (Å²) < 4.78 is 0. The molecule has 0 fully saturated rings. The molecule has 4 nitrogen and oxygen atoms in total. The first-order valence-corrected chi connectivity index (χ1v) is 3.85. The summed E-state index contributed by atoms with van der Waals surface area (Å²) >= 11 is 0. The number of benzene rings is 1. The minimum Gasteiger partial charge on any atom is -0.387 e. The number of hydrogen-bond acceptors (Lipinski definition) is 2. The number of carbonyl (C=O) groups is 1. The molecule has 68 valence electrons. The summed E-state index contributed by atoms with van der Waals surface area (Å²) in [6.45, 7) is 0. The Kier molecular flexibility index (Phi) is 3.03. The van der Waals surface area contributed by atoms with Crippen LogP contribution in [0.3, 0.4) is 0 Å². The van der Waals surface area contributed by atoms with Crippen molar-refractivity contribution >= 4 is 17.4 Å². The molecule has 0 saturated heterocycles. The molecule has 0 saturated carbocycles. The molecule has 1 aromatic carbocycles. The Balaban J connectivity index is 2.71. The van der Waals surface area contributed by atoms with Crippen molar-refractivity contribution in [1.29, 1.82) is 0 Å². The van der Waals surface area contributed by atoms with Crippen molar-refractivity contribution in [2.45, 2.75) is 6.42 Å². The highest BCUT2D eigenvalue weighted by Gasteiger charge is 1.98. The normalized spacial score (nSPS) is 11.2. The second kappa shape index (κ2) is 4.25. The third kappa shape index (κ3) is 3.37. The van der Waals surface area contributed by atoms with Gasteiger partial charge in [0.1, 0.15) is 5.84 Å². The van der Waals surface area contributed by atoms with Gasteiger partial charge in [-0.1, -0.05) is 18.2 Å². The first-order valence-electron chi connectivity index (χ1n) is 3.85. The number of rotatable bonds is 3. The van der Waals surface area contributed by atoms with E-state index in [1.807, 2.05) is 18.2 Å². The van der Waals surface area contributed by atoms with Crippen molar-refractivity contribution in [3.63, 3.8) is 0 Å². The van der Waals surface area contributed by atoms with E-state index in [0.717, 1.165) is 5.69 Å². The molecule has 0 aliphatic carbocycles. The summed E-state index contributed by atoms with van der Waals surface area (Å²) in [7, 11) is 0. The van der Waals surface area contributed by atoms with Crippen LogP contribution in [0.5, 0.6) is 0 Å². The fourth-order valence-electron chi connectivity index (χ4n) is 0.886. The Bertz CT molecular complexity index is 319. The molecular weight excluding hydrogens is 166 g/mol. The highest BCUT2D eigenvalue weighted by Crippen LogP contribution is 2.09. The van der Waals surface area contributed by atoms with Crippen LogP contribution in [0.4, 0.5) is 5.69 Å². The van der Waals surface area contributed by atoms with Gasteiger partial charge in [0, 0.05) is 0 Å². The van der Waals surface area contributed by atoms with E-state index in [9.17, 15) is 4.79 Å². The van der Waals surface area contributed by atoms with Crippen LogP contribution in [0, 0.1) is 0 Å². The summed E-state index contributed by atoms with van der Waals surface area (Å²) in [6.07, 6.45) is -0.00507. The molecule has 4 N–H and O–H groups in total. The number of carbonyl (C=O) groups excluding carboxylic acids is 1. The number of amidine groups is 1. The molecular formula is C9H11N3O. The fraction of sp³-hybridized carbons (Fsp3) is 0.111. The summed E-state index contributed by atoms with van der Waals surface area (Å²) in [6, 6.07) is 9.16. The third-order valence-corrected chi connectivity index (χ3v) is 1.38. The minimum absolute atomic E-state index is 0.00507. The van der Waals surface area contributed by atoms with Crippen LogP contribution in [0.15, 0.2) is 35.3 Å². The molecule has 0 aromatic heterocycles. The van der Waals surface area contributed by atoms with Gasteiger partial charge in [0.2, 0.25) is 5.91 Å². The molecule has 0 heterocycles. The monoisotopic (exact) mass is 177 g/mol. The Hall–Kier alpha value is -1.84. The molecule has 0 aliphatic heterocycles. The smallest absolute Gasteiger partial charge is 0.224 e. The van der Waals surface area contributed by atoms with Gasteiger partial charge in [-0.2, -0.15) is 0 Å². The van der Waals surface area contributed by atoms with Crippen LogP contribution < -0.4 is 11.5 Å². The molecule has 0 atom stereocenters. The van der Waals surface area contributed by atoms with E-state index in [1.54, 1.807) is 12.1 Å². The molecule has 0 spiro atoms. The van der Waals surface area contributed by atoms with E-state index >= 15 is 0 Å². The number of primary amides is 1. The van der Waals surface area contributed by atoms with E-state index < -0.39 is 5.91 Å². The van der Waals surface area contributed by atoms with Gasteiger partial charge in [0.05, 0.1) is 12.1 Å². The van der Waals surface area contributed by atoms with E-state index in [0.29, 0.717) is 0 Å². The average Bonchev–Trinajstić information content (AvgIpc) is 2.04. The summed E-state index contributed by atoms with van der Waals surface area (Å²) in [4.78, 5) is 14.5. The lowest BCUT2D eigenvalue weighted by Crippen LogP contribution is -2.21. The number of nitrogens with two attached hydrogens (primary N) is 2. The van der Waals surface area contributed by atoms with Crippen molar-refractivity contribution in [3.8, 4) is 0 Å². The van der Waals surface area contributed by atoms with Gasteiger partial charge in [-0.15, -0.1) is 0 Å². The van der Waals surface area contributed by atoms with Gasteiger partial charge in [-0.3, -0.25) is 4.79 Å². The maximum atomic E-state index is 10.5. The van der Waals surface area contributed by atoms with Gasteiger partial charge < -0.3 is 11.5 Å². The Morgan fingerprint density at radius 3 is 2.38 bits per heavy atom. The van der Waals surface area contributed by atoms with Gasteiger partial charge in [0.15, 0.2) is 0 Å². The van der Waals surface area contributed by atoms with E-state index in [1.165, 1.54) is 0 Å². The van der Waals surface area contributed by atoms with Crippen LogP contribution in [0.2, 0.25) is 0 Å². The Morgan fingerprint density at radius 2 is 1.85 bits per heavy atom. The molecule has 0 unspecified atom stereocenters. The second-order valence-corrected chi connectivity index (χ2v) is 2.58. The van der Waals surface area contributed by atoms with Crippen molar-refractivity contribution in [3.05, 3.63) is 30.3 Å². The fourth-order valence-corrected chi connectivity index (χ4v) is 0.886. The van der Waals surface area contributed by atoms with Gasteiger partial charge in [0.25, 0.3) is 0 Å². The number of hydrogen-bond donors (Lipinski definition) is 2. The van der Waals surface area contributed by atoms with Crippen molar-refractivity contribution in [1.82, 2.24) is 0 Å². The highest BCUT2D eigenvalue weighted by atomic mass is 16.1. The number of aliphatic imine (C=N–C) groups is 1. The molecule has 1 amide bonds. The van der Waals surface area contributed by atoms with Crippen LogP contribution in [-0.2, 0) is 4.79 Å². The topological polar surface area (TPSA) is 81.5 Å². The van der Waals surface area contributed by atoms with Gasteiger partial charge in [-0.25, -0.2) is 4.99 Å². The van der Waals surface area contributed by atoms with E-state index in [2.05, 4.69) is 4.99 Å². The summed E-state index contributed by atoms with van der Waals surface area (Å²) in [5.41, 5.74) is 11.1. The second-order valence-electron chi connectivity index (χ2n) is 2.58. The van der Waals surface area contributed by atoms with E-state index in [-0.39, 0.29) is 12.3 Å². The largest absolute Gasteiger partial charge is 0.387 e. The lowest BCUT2D eigenvalue weighted by Gasteiger charge is -1.96. The molecule has 4 heteroatoms. The minimum atomic E-state index is -0.475. The maximum Gasteiger partial charge on any atom is 0.224 e. The SMILES string of the molecule is NC(=O)CC(N)=Nc1ccccc1. The molecule has 13 heavy (non-hydrogen) atoms. The maximum absolute atomic E-state index is 10.5. The number of amides is 1. The van der Waals surface area contributed by atoms with Crippen LogP contribution in [0.1, 0.15) is 6.42 Å². The highest BCUT2D eigenvalue weighted by molar-refractivity contribution is 5.99. The predicted octanol–water partition coefficient (Wildman–Crippen LogP) is 0.551. The molecule has 0 aliphatic rings. The van der Waals surface area contributed by atoms with Crippen LogP contribution in [-0.4, -0.2) is 11.7 Å². The number of nitrogens with zero attached hydrogens (tertiary/aromatic N) is 1.